The smallest absolute Gasteiger partial charge is 0.442 e. The van der Waals surface area contributed by atoms with E-state index in [0.717, 1.165) is 5.56 Å². The second-order valence-electron chi connectivity index (χ2n) is 5.19. The Kier molecular flexibility index (Phi) is 4.16. The van der Waals surface area contributed by atoms with Crippen LogP contribution in [-0.4, -0.2) is 22.2 Å². The van der Waals surface area contributed by atoms with Gasteiger partial charge in [0.25, 0.3) is 0 Å². The second-order valence-corrected chi connectivity index (χ2v) is 7.45. The Hall–Kier alpha value is -1.36. The van der Waals surface area contributed by atoms with E-state index in [0.29, 0.717) is 4.90 Å². The van der Waals surface area contributed by atoms with E-state index >= 15 is 0 Å². The highest BCUT2D eigenvalue weighted by Gasteiger charge is 2.17. The minimum absolute atomic E-state index is 0.527. The molecular formula is C13H19NO3S. The molecule has 1 rings (SSSR count). The molecule has 0 fully saturated rings. The fourth-order valence-electron chi connectivity index (χ4n) is 1.27. The van der Waals surface area contributed by atoms with Crippen LogP contribution in [0.1, 0.15) is 26.3 Å². The fourth-order valence-corrected chi connectivity index (χ4v) is 2.33. The molecule has 0 bridgehead atoms. The Morgan fingerprint density at radius 1 is 1.22 bits per heavy atom. The first-order valence-corrected chi connectivity index (χ1v) is 7.54. The molecular weight excluding hydrogens is 250 g/mol. The maximum absolute atomic E-state index is 12.3. The quantitative estimate of drug-likeness (QED) is 0.785. The van der Waals surface area contributed by atoms with Crippen LogP contribution >= 0.6 is 0 Å². The lowest BCUT2D eigenvalue weighted by Crippen LogP contribution is -2.22. The van der Waals surface area contributed by atoms with E-state index in [9.17, 15) is 9.00 Å². The summed E-state index contributed by atoms with van der Waals surface area (Å²) in [6, 6.07) is 7.10. The molecule has 18 heavy (non-hydrogen) atoms. The summed E-state index contributed by atoms with van der Waals surface area (Å²) in [5.41, 5.74) is 0.426. The van der Waals surface area contributed by atoms with Crippen molar-refractivity contribution >= 4 is 15.8 Å². The van der Waals surface area contributed by atoms with Crippen molar-refractivity contribution in [2.24, 2.45) is 4.36 Å². The van der Waals surface area contributed by atoms with Crippen molar-refractivity contribution in [2.45, 2.75) is 38.2 Å². The second kappa shape index (κ2) is 5.10. The van der Waals surface area contributed by atoms with Gasteiger partial charge in [-0.25, -0.2) is 9.00 Å². The fraction of sp³-hybridized carbons (Fsp3) is 0.462. The molecule has 0 radical (unpaired) electrons. The highest BCUT2D eigenvalue weighted by molar-refractivity contribution is 7.93. The molecule has 0 N–H and O–H groups in total. The number of ether oxygens (including phenoxy) is 1. The minimum Gasteiger partial charge on any atom is -0.442 e. The molecule has 0 aliphatic carbocycles. The number of benzene rings is 1. The van der Waals surface area contributed by atoms with Gasteiger partial charge in [0.2, 0.25) is 0 Å². The van der Waals surface area contributed by atoms with Crippen LogP contribution < -0.4 is 0 Å². The van der Waals surface area contributed by atoms with E-state index in [1.165, 1.54) is 6.26 Å². The summed E-state index contributed by atoms with van der Waals surface area (Å²) in [5.74, 6) is 0. The van der Waals surface area contributed by atoms with Gasteiger partial charge in [-0.1, -0.05) is 17.7 Å². The van der Waals surface area contributed by atoms with Crippen molar-refractivity contribution in [3.8, 4) is 0 Å². The number of aryl methyl sites for hydroxylation is 1. The average molecular weight is 269 g/mol. The zero-order valence-electron chi connectivity index (χ0n) is 11.4. The molecule has 0 aromatic heterocycles. The Balaban J connectivity index is 3.03. The molecule has 4 nitrogen and oxygen atoms in total. The summed E-state index contributed by atoms with van der Waals surface area (Å²) in [6.07, 6.45) is 0.636. The van der Waals surface area contributed by atoms with Crippen molar-refractivity contribution < 1.29 is 13.7 Å². The van der Waals surface area contributed by atoms with Crippen molar-refractivity contribution in [2.75, 3.05) is 6.26 Å². The number of carbonyl (C=O) groups excluding carboxylic acids is 1. The van der Waals surface area contributed by atoms with Crippen LogP contribution in [0.25, 0.3) is 0 Å². The summed E-state index contributed by atoms with van der Waals surface area (Å²) in [6.45, 7) is 7.16. The number of hydrogen-bond donors (Lipinski definition) is 0. The first-order chi connectivity index (χ1) is 8.10. The minimum atomic E-state index is -2.75. The summed E-state index contributed by atoms with van der Waals surface area (Å²) in [5, 5.41) is 0. The molecule has 1 unspecified atom stereocenters. The monoisotopic (exact) mass is 269 g/mol. The Labute approximate surface area is 109 Å². The first kappa shape index (κ1) is 14.7. The van der Waals surface area contributed by atoms with Gasteiger partial charge in [0.05, 0.1) is 9.73 Å². The van der Waals surface area contributed by atoms with E-state index in [1.54, 1.807) is 32.9 Å². The maximum Gasteiger partial charge on any atom is 0.442 e. The number of amides is 1. The topological polar surface area (TPSA) is 55.7 Å². The highest BCUT2D eigenvalue weighted by Crippen LogP contribution is 2.15. The summed E-state index contributed by atoms with van der Waals surface area (Å²) in [7, 11) is -2.75. The van der Waals surface area contributed by atoms with Crippen LogP contribution in [0.3, 0.4) is 0 Å². The van der Waals surface area contributed by atoms with E-state index in [4.69, 9.17) is 4.74 Å². The molecule has 100 valence electrons. The van der Waals surface area contributed by atoms with Crippen LogP contribution in [0, 0.1) is 6.92 Å². The van der Waals surface area contributed by atoms with E-state index in [2.05, 4.69) is 4.36 Å². The van der Waals surface area contributed by atoms with Gasteiger partial charge in [0.1, 0.15) is 5.60 Å². The molecule has 0 aliphatic rings. The van der Waals surface area contributed by atoms with Crippen LogP contribution in [0.15, 0.2) is 33.5 Å². The van der Waals surface area contributed by atoms with Gasteiger partial charge < -0.3 is 4.74 Å². The Bertz CT molecular complexity index is 547. The van der Waals surface area contributed by atoms with Crippen LogP contribution in [0.5, 0.6) is 0 Å². The Morgan fingerprint density at radius 2 is 1.72 bits per heavy atom. The average Bonchev–Trinajstić information content (AvgIpc) is 2.13. The summed E-state index contributed by atoms with van der Waals surface area (Å²) < 4.78 is 21.0. The van der Waals surface area contributed by atoms with Gasteiger partial charge in [-0.05, 0) is 39.8 Å². The number of hydrogen-bond acceptors (Lipinski definition) is 3. The SMILES string of the molecule is Cc1ccc(S(C)(=O)=NC(=O)OC(C)(C)C)cc1. The highest BCUT2D eigenvalue weighted by atomic mass is 32.2. The molecule has 0 heterocycles. The van der Waals surface area contributed by atoms with Gasteiger partial charge in [0, 0.05) is 11.2 Å². The lowest BCUT2D eigenvalue weighted by molar-refractivity contribution is 0.0607. The molecule has 0 saturated heterocycles. The molecule has 0 saturated carbocycles. The standard InChI is InChI=1S/C13H19NO3S/c1-10-6-8-11(9-7-10)18(5,16)14-12(15)17-13(2,3)4/h6-9H,1-5H3. The third-order valence-corrected chi connectivity index (χ3v) is 3.74. The molecule has 1 atom stereocenters. The number of rotatable bonds is 1. The number of carbonyl (C=O) groups is 1. The molecule has 5 heteroatoms. The molecule has 1 aromatic rings. The molecule has 0 spiro atoms. The zero-order chi connectivity index (χ0) is 14.0. The van der Waals surface area contributed by atoms with Crippen molar-refractivity contribution in [1.29, 1.82) is 0 Å². The zero-order valence-corrected chi connectivity index (χ0v) is 12.2. The maximum atomic E-state index is 12.3. The summed E-state index contributed by atoms with van der Waals surface area (Å²) in [4.78, 5) is 12.1. The van der Waals surface area contributed by atoms with Crippen LogP contribution in [0.4, 0.5) is 4.79 Å². The van der Waals surface area contributed by atoms with Gasteiger partial charge in [-0.3, -0.25) is 0 Å². The molecule has 1 amide bonds. The van der Waals surface area contributed by atoms with Crippen molar-refractivity contribution in [3.63, 3.8) is 0 Å². The predicted molar refractivity (Wildman–Crippen MR) is 72.2 cm³/mol. The van der Waals surface area contributed by atoms with Crippen LogP contribution in [-0.2, 0) is 14.5 Å². The van der Waals surface area contributed by atoms with E-state index in [1.807, 2.05) is 19.1 Å². The van der Waals surface area contributed by atoms with E-state index in [-0.39, 0.29) is 0 Å². The molecule has 0 aliphatic heterocycles. The third kappa shape index (κ3) is 4.49. The molecule has 1 aromatic carbocycles. The summed E-state index contributed by atoms with van der Waals surface area (Å²) >= 11 is 0. The van der Waals surface area contributed by atoms with Gasteiger partial charge >= 0.3 is 6.09 Å². The van der Waals surface area contributed by atoms with Gasteiger partial charge in [-0.15, -0.1) is 4.36 Å². The predicted octanol–water partition coefficient (Wildman–Crippen LogP) is 3.39. The van der Waals surface area contributed by atoms with Crippen molar-refractivity contribution in [1.82, 2.24) is 0 Å². The number of nitrogens with zero attached hydrogens (tertiary/aromatic N) is 1. The van der Waals surface area contributed by atoms with Gasteiger partial charge in [-0.2, -0.15) is 0 Å². The van der Waals surface area contributed by atoms with Gasteiger partial charge in [0.15, 0.2) is 0 Å². The van der Waals surface area contributed by atoms with E-state index < -0.39 is 21.4 Å². The van der Waals surface area contributed by atoms with Crippen LogP contribution in [0.2, 0.25) is 0 Å². The normalized spacial score (nSPS) is 14.7. The van der Waals surface area contributed by atoms with Crippen molar-refractivity contribution in [3.05, 3.63) is 29.8 Å². The third-order valence-electron chi connectivity index (χ3n) is 2.10. The lowest BCUT2D eigenvalue weighted by Gasteiger charge is -2.17. The lowest BCUT2D eigenvalue weighted by atomic mass is 10.2. The first-order valence-electron chi connectivity index (χ1n) is 5.62. The Morgan fingerprint density at radius 3 is 2.17 bits per heavy atom. The largest absolute Gasteiger partial charge is 0.442 e.